The minimum absolute atomic E-state index is 0.00593. The first-order valence-corrected chi connectivity index (χ1v) is 5.75. The maximum absolute atomic E-state index is 12.1. The number of carbonyl (C=O) groups excluding carboxylic acids is 1. The van der Waals surface area contributed by atoms with Gasteiger partial charge in [-0.15, -0.1) is 0 Å². The predicted molar refractivity (Wildman–Crippen MR) is 59.9 cm³/mol. The normalized spacial score (nSPS) is 25.5. The summed E-state index contributed by atoms with van der Waals surface area (Å²) in [6, 6.07) is 7.96. The van der Waals surface area contributed by atoms with Crippen molar-refractivity contribution in [1.29, 1.82) is 0 Å². The Morgan fingerprint density at radius 2 is 1.71 bits per heavy atom. The molecule has 0 bridgehead atoms. The molecule has 2 atom stereocenters. The van der Waals surface area contributed by atoms with Crippen molar-refractivity contribution in [2.45, 2.75) is 19.5 Å². The van der Waals surface area contributed by atoms with Crippen LogP contribution in [0.3, 0.4) is 0 Å². The Hall–Kier alpha value is -1.84. The number of carbonyl (C=O) groups is 2. The Balaban J connectivity index is 1.70. The van der Waals surface area contributed by atoms with Crippen LogP contribution in [0.2, 0.25) is 0 Å². The van der Waals surface area contributed by atoms with E-state index >= 15 is 0 Å². The van der Waals surface area contributed by atoms with Crippen molar-refractivity contribution >= 4 is 11.9 Å². The fraction of sp³-hybridized carbons (Fsp3) is 0.385. The van der Waals surface area contributed by atoms with Gasteiger partial charge in [-0.1, -0.05) is 24.3 Å². The van der Waals surface area contributed by atoms with Crippen molar-refractivity contribution in [1.82, 2.24) is 4.90 Å². The number of rotatable bonds is 2. The molecule has 1 amide bonds. The second kappa shape index (κ2) is 3.58. The highest BCUT2D eigenvalue weighted by atomic mass is 16.4. The van der Waals surface area contributed by atoms with Gasteiger partial charge in [0.1, 0.15) is 0 Å². The van der Waals surface area contributed by atoms with Gasteiger partial charge in [0.2, 0.25) is 5.91 Å². The molecular weight excluding hydrogens is 218 g/mol. The summed E-state index contributed by atoms with van der Waals surface area (Å²) >= 11 is 0. The van der Waals surface area contributed by atoms with Crippen molar-refractivity contribution in [2.75, 3.05) is 0 Å². The molecule has 0 spiro atoms. The summed E-state index contributed by atoms with van der Waals surface area (Å²) < 4.78 is 0. The molecule has 0 radical (unpaired) electrons. The third-order valence-corrected chi connectivity index (χ3v) is 3.58. The highest BCUT2D eigenvalue weighted by Crippen LogP contribution is 2.41. The molecular formula is C13H13NO3. The number of nitrogens with zero attached hydrogens (tertiary/aromatic N) is 1. The minimum Gasteiger partial charge on any atom is -0.481 e. The number of amides is 1. The SMILES string of the molecule is O=C(O)C1CC1C(=O)N1Cc2ccccc2C1. The van der Waals surface area contributed by atoms with E-state index in [1.807, 2.05) is 24.3 Å². The van der Waals surface area contributed by atoms with Crippen LogP contribution in [0.5, 0.6) is 0 Å². The van der Waals surface area contributed by atoms with E-state index in [2.05, 4.69) is 0 Å². The number of aliphatic carboxylic acids is 1. The fourth-order valence-corrected chi connectivity index (χ4v) is 2.46. The van der Waals surface area contributed by atoms with Gasteiger partial charge in [-0.05, 0) is 17.5 Å². The molecule has 0 saturated heterocycles. The number of fused-ring (bicyclic) bond motifs is 1. The Morgan fingerprint density at radius 1 is 1.12 bits per heavy atom. The van der Waals surface area contributed by atoms with Crippen LogP contribution in [-0.4, -0.2) is 21.9 Å². The molecule has 4 nitrogen and oxygen atoms in total. The van der Waals surface area contributed by atoms with Gasteiger partial charge in [0.15, 0.2) is 0 Å². The first kappa shape index (κ1) is 10.3. The molecule has 1 aliphatic carbocycles. The summed E-state index contributed by atoms with van der Waals surface area (Å²) in [5.41, 5.74) is 2.35. The molecule has 1 aliphatic heterocycles. The lowest BCUT2D eigenvalue weighted by molar-refractivity contribution is -0.142. The zero-order valence-electron chi connectivity index (χ0n) is 9.30. The van der Waals surface area contributed by atoms with Crippen LogP contribution in [0.4, 0.5) is 0 Å². The summed E-state index contributed by atoms with van der Waals surface area (Å²) in [4.78, 5) is 24.6. The summed E-state index contributed by atoms with van der Waals surface area (Å²) in [6.45, 7) is 1.25. The standard InChI is InChI=1S/C13H13NO3/c15-12(10-5-11(10)13(16)17)14-6-8-3-1-2-4-9(8)7-14/h1-4,10-11H,5-7H2,(H,16,17). The summed E-state index contributed by atoms with van der Waals surface area (Å²) in [7, 11) is 0. The van der Waals surface area contributed by atoms with Crippen molar-refractivity contribution in [3.8, 4) is 0 Å². The van der Waals surface area contributed by atoms with Crippen LogP contribution in [0.25, 0.3) is 0 Å². The van der Waals surface area contributed by atoms with E-state index in [4.69, 9.17) is 5.11 Å². The van der Waals surface area contributed by atoms with E-state index in [0.29, 0.717) is 19.5 Å². The highest BCUT2D eigenvalue weighted by Gasteiger charge is 2.50. The molecule has 1 N–H and O–H groups in total. The molecule has 0 aromatic heterocycles. The van der Waals surface area contributed by atoms with E-state index in [1.165, 1.54) is 11.1 Å². The topological polar surface area (TPSA) is 57.6 Å². The lowest BCUT2D eigenvalue weighted by Gasteiger charge is -2.14. The lowest BCUT2D eigenvalue weighted by atomic mass is 10.1. The predicted octanol–water partition coefficient (Wildman–Crippen LogP) is 1.25. The first-order valence-electron chi connectivity index (χ1n) is 5.75. The smallest absolute Gasteiger partial charge is 0.307 e. The quantitative estimate of drug-likeness (QED) is 0.833. The fourth-order valence-electron chi connectivity index (χ4n) is 2.46. The zero-order valence-corrected chi connectivity index (χ0v) is 9.30. The van der Waals surface area contributed by atoms with Crippen LogP contribution in [-0.2, 0) is 22.7 Å². The third-order valence-electron chi connectivity index (χ3n) is 3.58. The zero-order chi connectivity index (χ0) is 12.0. The number of carboxylic acid groups (broad SMARTS) is 1. The molecule has 1 heterocycles. The largest absolute Gasteiger partial charge is 0.481 e. The van der Waals surface area contributed by atoms with Gasteiger partial charge in [-0.3, -0.25) is 9.59 Å². The van der Waals surface area contributed by atoms with Gasteiger partial charge in [0, 0.05) is 13.1 Å². The molecule has 4 heteroatoms. The molecule has 1 fully saturated rings. The van der Waals surface area contributed by atoms with E-state index < -0.39 is 11.9 Å². The molecule has 1 saturated carbocycles. The first-order chi connectivity index (χ1) is 8.16. The summed E-state index contributed by atoms with van der Waals surface area (Å²) in [6.07, 6.45) is 0.501. The molecule has 1 aromatic rings. The molecule has 3 rings (SSSR count). The van der Waals surface area contributed by atoms with Crippen molar-refractivity contribution in [2.24, 2.45) is 11.8 Å². The van der Waals surface area contributed by atoms with Gasteiger partial charge in [-0.25, -0.2) is 0 Å². The average Bonchev–Trinajstić information content (AvgIpc) is 3.00. The summed E-state index contributed by atoms with van der Waals surface area (Å²) in [5.74, 6) is -1.60. The molecule has 2 aliphatic rings. The Bertz CT molecular complexity index is 472. The minimum atomic E-state index is -0.847. The number of hydrogen-bond donors (Lipinski definition) is 1. The van der Waals surface area contributed by atoms with Gasteiger partial charge in [0.05, 0.1) is 11.8 Å². The second-order valence-corrected chi connectivity index (χ2v) is 4.75. The summed E-state index contributed by atoms with van der Waals surface area (Å²) in [5, 5.41) is 8.82. The van der Waals surface area contributed by atoms with Gasteiger partial charge >= 0.3 is 5.97 Å². The van der Waals surface area contributed by atoms with E-state index in [0.717, 1.165) is 0 Å². The van der Waals surface area contributed by atoms with Gasteiger partial charge in [-0.2, -0.15) is 0 Å². The lowest BCUT2D eigenvalue weighted by Crippen LogP contribution is -2.28. The van der Waals surface area contributed by atoms with Crippen LogP contribution >= 0.6 is 0 Å². The Morgan fingerprint density at radius 3 is 2.18 bits per heavy atom. The van der Waals surface area contributed by atoms with Crippen LogP contribution in [0.1, 0.15) is 17.5 Å². The van der Waals surface area contributed by atoms with Crippen molar-refractivity contribution in [3.05, 3.63) is 35.4 Å². The Kier molecular flexibility index (Phi) is 2.18. The monoisotopic (exact) mass is 231 g/mol. The van der Waals surface area contributed by atoms with Gasteiger partial charge < -0.3 is 10.0 Å². The maximum Gasteiger partial charge on any atom is 0.307 e. The van der Waals surface area contributed by atoms with E-state index in [-0.39, 0.29) is 11.8 Å². The van der Waals surface area contributed by atoms with Gasteiger partial charge in [0.25, 0.3) is 0 Å². The van der Waals surface area contributed by atoms with E-state index in [1.54, 1.807) is 4.90 Å². The number of carboxylic acids is 1. The van der Waals surface area contributed by atoms with Crippen LogP contribution in [0.15, 0.2) is 24.3 Å². The molecule has 1 aromatic carbocycles. The molecule has 88 valence electrons. The highest BCUT2D eigenvalue weighted by molar-refractivity contribution is 5.89. The van der Waals surface area contributed by atoms with Crippen LogP contribution in [0, 0.1) is 11.8 Å². The number of hydrogen-bond acceptors (Lipinski definition) is 2. The van der Waals surface area contributed by atoms with Crippen molar-refractivity contribution in [3.63, 3.8) is 0 Å². The van der Waals surface area contributed by atoms with Crippen molar-refractivity contribution < 1.29 is 14.7 Å². The van der Waals surface area contributed by atoms with Crippen LogP contribution < -0.4 is 0 Å². The molecule has 2 unspecified atom stereocenters. The van der Waals surface area contributed by atoms with E-state index in [9.17, 15) is 9.59 Å². The second-order valence-electron chi connectivity index (χ2n) is 4.75. The third kappa shape index (κ3) is 1.69. The Labute approximate surface area is 98.9 Å². The number of benzene rings is 1. The molecule has 17 heavy (non-hydrogen) atoms. The maximum atomic E-state index is 12.1. The average molecular weight is 231 g/mol.